The first kappa shape index (κ1) is 24.0. The Morgan fingerprint density at radius 2 is 2.00 bits per heavy atom. The number of alkyl halides is 3. The topological polar surface area (TPSA) is 104 Å². The van der Waals surface area contributed by atoms with Gasteiger partial charge in [0, 0.05) is 37.3 Å². The molecule has 1 fully saturated rings. The number of urea groups is 2. The van der Waals surface area contributed by atoms with Crippen molar-refractivity contribution in [2.75, 3.05) is 23.3 Å². The molecule has 4 amide bonds. The summed E-state index contributed by atoms with van der Waals surface area (Å²) in [6.45, 7) is 1.39. The Balaban J connectivity index is 1.17. The molecule has 2 aromatic carbocycles. The molecule has 1 aliphatic heterocycles. The molecule has 194 valence electrons. The van der Waals surface area contributed by atoms with Crippen LogP contribution in [-0.2, 0) is 19.1 Å². The van der Waals surface area contributed by atoms with Crippen molar-refractivity contribution in [3.8, 4) is 16.3 Å². The number of nitrogens with one attached hydrogen (secondary N) is 3. The van der Waals surface area contributed by atoms with Gasteiger partial charge in [0.15, 0.2) is 5.13 Å². The summed E-state index contributed by atoms with van der Waals surface area (Å²) in [5, 5.41) is 12.8. The van der Waals surface area contributed by atoms with E-state index in [1.165, 1.54) is 34.2 Å². The second-order valence-electron chi connectivity index (χ2n) is 8.78. The molecule has 4 aromatic rings. The molecule has 6 rings (SSSR count). The minimum atomic E-state index is -4.53. The first-order valence-electron chi connectivity index (χ1n) is 11.7. The van der Waals surface area contributed by atoms with Gasteiger partial charge in [0.25, 0.3) is 0 Å². The molecule has 9 nitrogen and oxygen atoms in total. The molecule has 2 aliphatic rings. The molecule has 0 saturated carbocycles. The van der Waals surface area contributed by atoms with E-state index in [-0.39, 0.29) is 18.3 Å². The van der Waals surface area contributed by atoms with Crippen molar-refractivity contribution in [2.45, 2.75) is 19.1 Å². The molecule has 0 atom stereocenters. The zero-order valence-corrected chi connectivity index (χ0v) is 20.5. The third-order valence-electron chi connectivity index (χ3n) is 6.31. The average molecular weight is 540 g/mol. The minimum absolute atomic E-state index is 0.0663. The lowest BCUT2D eigenvalue weighted by atomic mass is 10.1. The van der Waals surface area contributed by atoms with Crippen LogP contribution < -0.4 is 20.9 Å². The average Bonchev–Trinajstić information content (AvgIpc) is 3.65. The van der Waals surface area contributed by atoms with Crippen LogP contribution in [0.5, 0.6) is 0 Å². The number of aromatic nitrogens is 3. The van der Waals surface area contributed by atoms with Gasteiger partial charge < -0.3 is 10.6 Å². The standard InChI is InChI=1S/C25H20F3N7O2S/c26-25(27,28)17-6-1-2-7-19(17)35-20-15(13-31-35)11-18-21(20)38-23(32-18)33-22(36)30-12-14-4-3-5-16(10-14)34-9-8-29-24(34)37/h1-7,10,13H,8-9,11-12H2,(H,29,37)(H2,30,32,33,36). The Morgan fingerprint density at radius 3 is 2.79 bits per heavy atom. The normalized spacial score (nSPS) is 14.3. The van der Waals surface area contributed by atoms with E-state index in [4.69, 9.17) is 0 Å². The van der Waals surface area contributed by atoms with Crippen molar-refractivity contribution in [3.05, 3.63) is 77.1 Å². The molecule has 13 heteroatoms. The summed E-state index contributed by atoms with van der Waals surface area (Å²) in [6.07, 6.45) is -2.57. The Morgan fingerprint density at radius 1 is 1.16 bits per heavy atom. The fourth-order valence-electron chi connectivity index (χ4n) is 4.60. The SMILES string of the molecule is O=C(NCc1cccc(N2CCNC2=O)c1)Nc1nc2c(s1)-c1c(cnn1-c1ccccc1C(F)(F)F)C2. The summed E-state index contributed by atoms with van der Waals surface area (Å²) >= 11 is 1.18. The van der Waals surface area contributed by atoms with Crippen molar-refractivity contribution < 1.29 is 22.8 Å². The highest BCUT2D eigenvalue weighted by atomic mass is 32.1. The van der Waals surface area contributed by atoms with E-state index in [1.807, 2.05) is 24.3 Å². The lowest BCUT2D eigenvalue weighted by molar-refractivity contribution is -0.137. The maximum Gasteiger partial charge on any atom is 0.418 e. The largest absolute Gasteiger partial charge is 0.418 e. The maximum atomic E-state index is 13.6. The first-order valence-corrected chi connectivity index (χ1v) is 12.5. The minimum Gasteiger partial charge on any atom is -0.336 e. The highest BCUT2D eigenvalue weighted by Gasteiger charge is 2.36. The van der Waals surface area contributed by atoms with Crippen LogP contribution in [0.4, 0.5) is 33.6 Å². The maximum absolute atomic E-state index is 13.6. The van der Waals surface area contributed by atoms with Crippen LogP contribution in [0.3, 0.4) is 0 Å². The molecule has 3 heterocycles. The predicted octanol–water partition coefficient (Wildman–Crippen LogP) is 4.77. The summed E-state index contributed by atoms with van der Waals surface area (Å²) in [5.74, 6) is 0. The fraction of sp³-hybridized carbons (Fsp3) is 0.200. The highest BCUT2D eigenvalue weighted by Crippen LogP contribution is 2.44. The van der Waals surface area contributed by atoms with E-state index >= 15 is 0 Å². The molecule has 2 aromatic heterocycles. The highest BCUT2D eigenvalue weighted by molar-refractivity contribution is 7.19. The van der Waals surface area contributed by atoms with E-state index in [9.17, 15) is 22.8 Å². The molecule has 0 radical (unpaired) electrons. The number of amides is 4. The fourth-order valence-corrected chi connectivity index (χ4v) is 5.64. The van der Waals surface area contributed by atoms with E-state index in [1.54, 1.807) is 11.1 Å². The monoisotopic (exact) mass is 539 g/mol. The molecule has 0 unspecified atom stereocenters. The Labute approximate surface area is 218 Å². The third kappa shape index (κ3) is 4.34. The van der Waals surface area contributed by atoms with Crippen molar-refractivity contribution in [1.29, 1.82) is 0 Å². The second-order valence-corrected chi connectivity index (χ2v) is 9.78. The quantitative estimate of drug-likeness (QED) is 0.299. The predicted molar refractivity (Wildman–Crippen MR) is 136 cm³/mol. The number of nitrogens with zero attached hydrogens (tertiary/aromatic N) is 4. The summed E-state index contributed by atoms with van der Waals surface area (Å²) in [6, 6.07) is 12.0. The molecule has 1 aliphatic carbocycles. The van der Waals surface area contributed by atoms with Crippen LogP contribution in [0.2, 0.25) is 0 Å². The Kier molecular flexibility index (Phi) is 5.79. The van der Waals surface area contributed by atoms with Crippen molar-refractivity contribution in [3.63, 3.8) is 0 Å². The number of hydrogen-bond donors (Lipinski definition) is 3. The lowest BCUT2D eigenvalue weighted by Gasteiger charge is -2.15. The number of anilines is 2. The van der Waals surface area contributed by atoms with E-state index in [2.05, 4.69) is 26.0 Å². The Bertz CT molecular complexity index is 1560. The van der Waals surface area contributed by atoms with Gasteiger partial charge in [0.2, 0.25) is 0 Å². The van der Waals surface area contributed by atoms with Crippen LogP contribution in [0.15, 0.2) is 54.7 Å². The first-order chi connectivity index (χ1) is 18.3. The van der Waals surface area contributed by atoms with Crippen LogP contribution >= 0.6 is 11.3 Å². The van der Waals surface area contributed by atoms with Crippen molar-refractivity contribution >= 4 is 34.2 Å². The van der Waals surface area contributed by atoms with Gasteiger partial charge in [0.05, 0.1) is 33.7 Å². The number of carbonyl (C=O) groups is 2. The zero-order valence-electron chi connectivity index (χ0n) is 19.7. The molecule has 38 heavy (non-hydrogen) atoms. The number of hydrogen-bond acceptors (Lipinski definition) is 5. The Hall–Kier alpha value is -4.39. The summed E-state index contributed by atoms with van der Waals surface area (Å²) in [7, 11) is 0. The van der Waals surface area contributed by atoms with Gasteiger partial charge in [-0.05, 0) is 29.8 Å². The van der Waals surface area contributed by atoms with Crippen LogP contribution in [0.1, 0.15) is 22.4 Å². The van der Waals surface area contributed by atoms with Crippen LogP contribution in [0.25, 0.3) is 16.3 Å². The van der Waals surface area contributed by atoms with E-state index < -0.39 is 17.8 Å². The van der Waals surface area contributed by atoms with Gasteiger partial charge in [0.1, 0.15) is 0 Å². The number of benzene rings is 2. The summed E-state index contributed by atoms with van der Waals surface area (Å²) in [4.78, 5) is 31.3. The number of rotatable bonds is 5. The third-order valence-corrected chi connectivity index (χ3v) is 7.33. The van der Waals surface area contributed by atoms with Gasteiger partial charge in [-0.25, -0.2) is 19.3 Å². The van der Waals surface area contributed by atoms with Gasteiger partial charge in [-0.1, -0.05) is 35.6 Å². The smallest absolute Gasteiger partial charge is 0.336 e. The van der Waals surface area contributed by atoms with Crippen LogP contribution in [-0.4, -0.2) is 39.9 Å². The van der Waals surface area contributed by atoms with Crippen LogP contribution in [0, 0.1) is 0 Å². The number of fused-ring (bicyclic) bond motifs is 3. The molecule has 0 spiro atoms. The van der Waals surface area contributed by atoms with Gasteiger partial charge >= 0.3 is 18.2 Å². The molecule has 0 bridgehead atoms. The van der Waals surface area contributed by atoms with E-state index in [0.29, 0.717) is 40.9 Å². The second kappa shape index (κ2) is 9.17. The van der Waals surface area contributed by atoms with Crippen molar-refractivity contribution in [1.82, 2.24) is 25.4 Å². The molecule has 1 saturated heterocycles. The molecular formula is C25H20F3N7O2S. The zero-order chi connectivity index (χ0) is 26.4. The number of thiazole rings is 1. The number of halogens is 3. The number of carbonyl (C=O) groups excluding carboxylic acids is 2. The summed E-state index contributed by atoms with van der Waals surface area (Å²) in [5.41, 5.74) is 2.71. The van der Waals surface area contributed by atoms with Gasteiger partial charge in [-0.3, -0.25) is 10.2 Å². The molecular weight excluding hydrogens is 519 g/mol. The molecule has 3 N–H and O–H groups in total. The summed E-state index contributed by atoms with van der Waals surface area (Å²) < 4.78 is 42.2. The number of para-hydroxylation sites is 1. The van der Waals surface area contributed by atoms with E-state index in [0.717, 1.165) is 22.9 Å². The van der Waals surface area contributed by atoms with Gasteiger partial charge in [-0.15, -0.1) is 0 Å². The lowest BCUT2D eigenvalue weighted by Crippen LogP contribution is -2.29. The van der Waals surface area contributed by atoms with Gasteiger partial charge in [-0.2, -0.15) is 18.3 Å². The van der Waals surface area contributed by atoms with Crippen molar-refractivity contribution in [2.24, 2.45) is 0 Å².